The van der Waals surface area contributed by atoms with Gasteiger partial charge in [-0.15, -0.1) is 0 Å². The van der Waals surface area contributed by atoms with E-state index in [4.69, 9.17) is 5.11 Å². The molecule has 0 saturated carbocycles. The Labute approximate surface area is 197 Å². The number of carboxylic acids is 1. The van der Waals surface area contributed by atoms with E-state index in [0.717, 1.165) is 16.7 Å². The number of aryl methyl sites for hydroxylation is 2. The van der Waals surface area contributed by atoms with Gasteiger partial charge in [0.05, 0.1) is 17.2 Å². The summed E-state index contributed by atoms with van der Waals surface area (Å²) in [6.07, 6.45) is -2.10. The number of carbonyl (C=O) groups is 1. The average Bonchev–Trinajstić information content (AvgIpc) is 2.72. The second-order valence-electron chi connectivity index (χ2n) is 8.55. The van der Waals surface area contributed by atoms with Gasteiger partial charge in [0, 0.05) is 37.7 Å². The van der Waals surface area contributed by atoms with Crippen molar-refractivity contribution >= 4 is 17.5 Å². The second kappa shape index (κ2) is 9.14. The van der Waals surface area contributed by atoms with Crippen molar-refractivity contribution in [2.45, 2.75) is 26.6 Å². The Bertz CT molecular complexity index is 1320. The number of rotatable bonds is 6. The van der Waals surface area contributed by atoms with Crippen LogP contribution in [-0.2, 0) is 17.5 Å². The molecule has 2 N–H and O–H groups in total. The molecule has 1 aliphatic heterocycles. The molecule has 0 bridgehead atoms. The largest absolute Gasteiger partial charge is 0.481 e. The van der Waals surface area contributed by atoms with Gasteiger partial charge in [0.1, 0.15) is 5.82 Å². The summed E-state index contributed by atoms with van der Waals surface area (Å²) in [5, 5.41) is 11.4. The van der Waals surface area contributed by atoms with Crippen LogP contribution < -0.4 is 10.9 Å². The first-order valence-electron chi connectivity index (χ1n) is 10.7. The van der Waals surface area contributed by atoms with E-state index < -0.39 is 34.8 Å². The Balaban J connectivity index is 1.63. The standard InChI is InChI=1S/C24H22F4N4O3/c1-13-7-17(8-14(2)18(13)12-31-10-15(11-31)23(34)35)32-6-5-29-21(22(32)33)30-20-9-16(25)3-4-19(20)24(26,27)28/h3-9,15H,10-12H2,1-2H3,(H,29,30)(H,34,35). The molecule has 2 heterocycles. The van der Waals surface area contributed by atoms with Crippen LogP contribution in [0.5, 0.6) is 0 Å². The highest BCUT2D eigenvalue weighted by atomic mass is 19.4. The zero-order valence-electron chi connectivity index (χ0n) is 18.9. The van der Waals surface area contributed by atoms with Crippen LogP contribution in [0, 0.1) is 25.6 Å². The lowest BCUT2D eigenvalue weighted by Gasteiger charge is -2.37. The molecule has 2 aromatic carbocycles. The number of nitrogens with zero attached hydrogens (tertiary/aromatic N) is 3. The molecule has 1 saturated heterocycles. The number of halogens is 4. The predicted molar refractivity (Wildman–Crippen MR) is 120 cm³/mol. The van der Waals surface area contributed by atoms with Gasteiger partial charge >= 0.3 is 12.1 Å². The van der Waals surface area contributed by atoms with Crippen LogP contribution in [0.1, 0.15) is 22.3 Å². The third-order valence-corrected chi connectivity index (χ3v) is 6.03. The molecule has 3 aromatic rings. The van der Waals surface area contributed by atoms with Gasteiger partial charge in [-0.05, 0) is 60.9 Å². The number of alkyl halides is 3. The Morgan fingerprint density at radius 2 is 1.83 bits per heavy atom. The van der Waals surface area contributed by atoms with Crippen LogP contribution in [0.15, 0.2) is 47.5 Å². The first-order valence-corrected chi connectivity index (χ1v) is 10.7. The van der Waals surface area contributed by atoms with Gasteiger partial charge in [0.25, 0.3) is 5.56 Å². The average molecular weight is 490 g/mol. The van der Waals surface area contributed by atoms with E-state index >= 15 is 0 Å². The van der Waals surface area contributed by atoms with Gasteiger partial charge in [-0.2, -0.15) is 13.2 Å². The highest BCUT2D eigenvalue weighted by molar-refractivity contribution is 5.71. The van der Waals surface area contributed by atoms with Crippen molar-refractivity contribution in [3.8, 4) is 5.69 Å². The van der Waals surface area contributed by atoms with Crippen LogP contribution in [0.3, 0.4) is 0 Å². The summed E-state index contributed by atoms with van der Waals surface area (Å²) < 4.78 is 54.9. The van der Waals surface area contributed by atoms with Crippen molar-refractivity contribution in [1.82, 2.24) is 14.5 Å². The SMILES string of the molecule is Cc1cc(-n2ccnc(Nc3cc(F)ccc3C(F)(F)F)c2=O)cc(C)c1CN1CC(C(=O)O)C1. The topological polar surface area (TPSA) is 87.5 Å². The van der Waals surface area contributed by atoms with E-state index in [9.17, 15) is 27.2 Å². The number of aromatic nitrogens is 2. The first kappa shape index (κ1) is 24.4. The zero-order chi connectivity index (χ0) is 25.5. The minimum absolute atomic E-state index is 0.368. The molecule has 35 heavy (non-hydrogen) atoms. The van der Waals surface area contributed by atoms with Crippen molar-refractivity contribution in [1.29, 1.82) is 0 Å². The number of hydrogen-bond acceptors (Lipinski definition) is 5. The van der Waals surface area contributed by atoms with Crippen LogP contribution >= 0.6 is 0 Å². The maximum atomic E-state index is 13.6. The Kier molecular flexibility index (Phi) is 6.37. The molecule has 1 fully saturated rings. The fraction of sp³-hybridized carbons (Fsp3) is 0.292. The van der Waals surface area contributed by atoms with E-state index in [1.807, 2.05) is 18.7 Å². The predicted octanol–water partition coefficient (Wildman–Crippen LogP) is 4.27. The summed E-state index contributed by atoms with van der Waals surface area (Å²) in [7, 11) is 0. The molecule has 1 aliphatic rings. The fourth-order valence-electron chi connectivity index (χ4n) is 4.13. The quantitative estimate of drug-likeness (QED) is 0.502. The van der Waals surface area contributed by atoms with Crippen LogP contribution in [0.2, 0.25) is 0 Å². The van der Waals surface area contributed by atoms with Gasteiger partial charge in [-0.3, -0.25) is 19.1 Å². The second-order valence-corrected chi connectivity index (χ2v) is 8.55. The van der Waals surface area contributed by atoms with Gasteiger partial charge in [0.15, 0.2) is 5.82 Å². The molecule has 4 rings (SSSR count). The first-order chi connectivity index (χ1) is 16.4. The molecular formula is C24H22F4N4O3. The maximum absolute atomic E-state index is 13.6. The van der Waals surface area contributed by atoms with Crippen molar-refractivity contribution in [2.75, 3.05) is 18.4 Å². The van der Waals surface area contributed by atoms with Crippen molar-refractivity contribution in [3.05, 3.63) is 81.2 Å². The number of benzene rings is 2. The molecular weight excluding hydrogens is 468 g/mol. The molecule has 7 nitrogen and oxygen atoms in total. The van der Waals surface area contributed by atoms with Gasteiger partial charge in [-0.25, -0.2) is 9.37 Å². The van der Waals surface area contributed by atoms with Crippen molar-refractivity contribution in [3.63, 3.8) is 0 Å². The van der Waals surface area contributed by atoms with E-state index in [0.29, 0.717) is 43.5 Å². The lowest BCUT2D eigenvalue weighted by atomic mass is 9.96. The molecule has 0 radical (unpaired) electrons. The Morgan fingerprint density at radius 3 is 2.43 bits per heavy atom. The third kappa shape index (κ3) is 5.04. The summed E-state index contributed by atoms with van der Waals surface area (Å²) in [4.78, 5) is 30.0. The summed E-state index contributed by atoms with van der Waals surface area (Å²) in [5.41, 5.74) is 0.806. The molecule has 184 valence electrons. The normalized spacial score (nSPS) is 14.6. The summed E-state index contributed by atoms with van der Waals surface area (Å²) in [5.74, 6) is -2.46. The Morgan fingerprint density at radius 1 is 1.17 bits per heavy atom. The highest BCUT2D eigenvalue weighted by Gasteiger charge is 2.34. The smallest absolute Gasteiger partial charge is 0.418 e. The highest BCUT2D eigenvalue weighted by Crippen LogP contribution is 2.36. The third-order valence-electron chi connectivity index (χ3n) is 6.03. The summed E-state index contributed by atoms with van der Waals surface area (Å²) in [6, 6.07) is 5.49. The lowest BCUT2D eigenvalue weighted by Crippen LogP contribution is -2.49. The van der Waals surface area contributed by atoms with E-state index in [1.54, 1.807) is 12.1 Å². The molecule has 0 amide bonds. The van der Waals surface area contributed by atoms with Gasteiger partial charge < -0.3 is 10.4 Å². The molecule has 0 unspecified atom stereocenters. The lowest BCUT2D eigenvalue weighted by molar-refractivity contribution is -0.147. The number of aliphatic carboxylic acids is 1. The summed E-state index contributed by atoms with van der Waals surface area (Å²) in [6.45, 7) is 5.24. The van der Waals surface area contributed by atoms with E-state index in [2.05, 4.69) is 10.3 Å². The van der Waals surface area contributed by atoms with E-state index in [1.165, 1.54) is 17.0 Å². The molecule has 0 atom stereocenters. The fourth-order valence-corrected chi connectivity index (χ4v) is 4.13. The molecule has 1 aromatic heterocycles. The van der Waals surface area contributed by atoms with Gasteiger partial charge in [-0.1, -0.05) is 0 Å². The monoisotopic (exact) mass is 490 g/mol. The number of likely N-dealkylation sites (tertiary alicyclic amines) is 1. The number of carboxylic acid groups (broad SMARTS) is 1. The number of hydrogen-bond donors (Lipinski definition) is 2. The van der Waals surface area contributed by atoms with Crippen LogP contribution in [-0.4, -0.2) is 38.6 Å². The number of anilines is 2. The Hall–Kier alpha value is -3.73. The van der Waals surface area contributed by atoms with Crippen LogP contribution in [0.4, 0.5) is 29.1 Å². The molecule has 11 heteroatoms. The van der Waals surface area contributed by atoms with Gasteiger partial charge in [0.2, 0.25) is 0 Å². The zero-order valence-corrected chi connectivity index (χ0v) is 18.9. The maximum Gasteiger partial charge on any atom is 0.418 e. The van der Waals surface area contributed by atoms with Crippen molar-refractivity contribution < 1.29 is 27.5 Å². The van der Waals surface area contributed by atoms with Crippen LogP contribution in [0.25, 0.3) is 5.69 Å². The minimum atomic E-state index is -4.76. The van der Waals surface area contributed by atoms with Crippen molar-refractivity contribution in [2.24, 2.45) is 5.92 Å². The minimum Gasteiger partial charge on any atom is -0.481 e. The van der Waals surface area contributed by atoms with E-state index in [-0.39, 0.29) is 11.7 Å². The number of nitrogens with one attached hydrogen (secondary N) is 1. The summed E-state index contributed by atoms with van der Waals surface area (Å²) >= 11 is 0. The molecule has 0 aliphatic carbocycles. The molecule has 0 spiro atoms.